The highest BCUT2D eigenvalue weighted by Crippen LogP contribution is 2.30. The summed E-state index contributed by atoms with van der Waals surface area (Å²) >= 11 is 3.49. The average Bonchev–Trinajstić information content (AvgIpc) is 2.95. The van der Waals surface area contributed by atoms with Gasteiger partial charge < -0.3 is 19.4 Å². The van der Waals surface area contributed by atoms with E-state index in [4.69, 9.17) is 9.15 Å². The standard InChI is InChI=1S/C18H21BrN4O3/c1-12-7-13(2)9-14(8-12)21-18(24)22-20-11-15-10-16(19)17(26-15)23-3-5-25-6-4-23/h7-11H,3-6H2,1-2H3,(H2,21,22,24)/b20-11+. The summed E-state index contributed by atoms with van der Waals surface area (Å²) < 4.78 is 12.0. The molecule has 2 N–H and O–H groups in total. The van der Waals surface area contributed by atoms with Crippen molar-refractivity contribution < 1.29 is 13.9 Å². The van der Waals surface area contributed by atoms with E-state index in [0.29, 0.717) is 19.0 Å². The van der Waals surface area contributed by atoms with Crippen LogP contribution in [0.15, 0.2) is 38.3 Å². The molecule has 0 spiro atoms. The summed E-state index contributed by atoms with van der Waals surface area (Å²) in [4.78, 5) is 14.0. The minimum atomic E-state index is -0.412. The molecule has 0 atom stereocenters. The van der Waals surface area contributed by atoms with E-state index < -0.39 is 6.03 Å². The summed E-state index contributed by atoms with van der Waals surface area (Å²) in [5.41, 5.74) is 5.33. The number of rotatable bonds is 4. The van der Waals surface area contributed by atoms with E-state index in [2.05, 4.69) is 36.7 Å². The first kappa shape index (κ1) is 18.5. The number of benzene rings is 1. The van der Waals surface area contributed by atoms with Gasteiger partial charge in [-0.05, 0) is 53.0 Å². The van der Waals surface area contributed by atoms with Crippen LogP contribution in [0, 0.1) is 13.8 Å². The van der Waals surface area contributed by atoms with Crippen LogP contribution in [0.2, 0.25) is 0 Å². The number of anilines is 2. The number of carbonyl (C=O) groups is 1. The maximum absolute atomic E-state index is 11.9. The Labute approximate surface area is 160 Å². The van der Waals surface area contributed by atoms with Crippen molar-refractivity contribution in [3.05, 3.63) is 45.6 Å². The van der Waals surface area contributed by atoms with Crippen LogP contribution in [0.3, 0.4) is 0 Å². The number of hydrazone groups is 1. The molecule has 8 heteroatoms. The highest BCUT2D eigenvalue weighted by Gasteiger charge is 2.18. The normalized spacial score (nSPS) is 14.7. The molecule has 1 fully saturated rings. The molecule has 0 radical (unpaired) electrons. The van der Waals surface area contributed by atoms with Crippen LogP contribution in [-0.4, -0.2) is 38.5 Å². The molecule has 1 aromatic heterocycles. The monoisotopic (exact) mass is 420 g/mol. The van der Waals surface area contributed by atoms with Gasteiger partial charge in [0.2, 0.25) is 5.88 Å². The Morgan fingerprint density at radius 1 is 1.19 bits per heavy atom. The third kappa shape index (κ3) is 4.86. The topological polar surface area (TPSA) is 79.1 Å². The van der Waals surface area contributed by atoms with E-state index in [1.165, 1.54) is 6.21 Å². The number of urea groups is 1. The molecular weight excluding hydrogens is 400 g/mol. The van der Waals surface area contributed by atoms with Gasteiger partial charge in [0, 0.05) is 24.8 Å². The van der Waals surface area contributed by atoms with Gasteiger partial charge in [-0.15, -0.1) is 0 Å². The van der Waals surface area contributed by atoms with Crippen LogP contribution in [0.1, 0.15) is 16.9 Å². The number of morpholine rings is 1. The van der Waals surface area contributed by atoms with Gasteiger partial charge in [-0.25, -0.2) is 10.2 Å². The van der Waals surface area contributed by atoms with Crippen molar-refractivity contribution in [3.63, 3.8) is 0 Å². The third-order valence-electron chi connectivity index (χ3n) is 3.82. The fraction of sp³-hybridized carbons (Fsp3) is 0.333. The second kappa shape index (κ2) is 8.37. The van der Waals surface area contributed by atoms with Gasteiger partial charge in [0.15, 0.2) is 5.76 Å². The number of nitrogens with one attached hydrogen (secondary N) is 2. The van der Waals surface area contributed by atoms with Crippen molar-refractivity contribution in [1.29, 1.82) is 0 Å². The zero-order valence-electron chi connectivity index (χ0n) is 14.7. The number of halogens is 1. The van der Waals surface area contributed by atoms with Gasteiger partial charge >= 0.3 is 6.03 Å². The Balaban J connectivity index is 1.57. The maximum Gasteiger partial charge on any atom is 0.339 e. The zero-order valence-corrected chi connectivity index (χ0v) is 16.3. The molecule has 0 saturated carbocycles. The fourth-order valence-corrected chi connectivity index (χ4v) is 3.34. The van der Waals surface area contributed by atoms with Crippen molar-refractivity contribution in [2.45, 2.75) is 13.8 Å². The summed E-state index contributed by atoms with van der Waals surface area (Å²) in [6.07, 6.45) is 1.47. The largest absolute Gasteiger partial charge is 0.438 e. The fourth-order valence-electron chi connectivity index (χ4n) is 2.78. The van der Waals surface area contributed by atoms with Crippen molar-refractivity contribution in [3.8, 4) is 0 Å². The van der Waals surface area contributed by atoms with Crippen LogP contribution < -0.4 is 15.6 Å². The highest BCUT2D eigenvalue weighted by molar-refractivity contribution is 9.10. The summed E-state index contributed by atoms with van der Waals surface area (Å²) in [6.45, 7) is 6.87. The van der Waals surface area contributed by atoms with Gasteiger partial charge in [0.05, 0.1) is 23.9 Å². The molecule has 2 aromatic rings. The summed E-state index contributed by atoms with van der Waals surface area (Å²) in [5, 5.41) is 6.69. The van der Waals surface area contributed by atoms with Gasteiger partial charge in [-0.3, -0.25) is 0 Å². The SMILES string of the molecule is Cc1cc(C)cc(NC(=O)N/N=C/c2cc(Br)c(N3CCOCC3)o2)c1. The molecule has 1 saturated heterocycles. The van der Waals surface area contributed by atoms with E-state index in [1.54, 1.807) is 0 Å². The molecular formula is C18H21BrN4O3. The molecule has 0 bridgehead atoms. The second-order valence-electron chi connectivity index (χ2n) is 6.10. The highest BCUT2D eigenvalue weighted by atomic mass is 79.9. The Bertz CT molecular complexity index is 793. The third-order valence-corrected chi connectivity index (χ3v) is 4.39. The number of hydrogen-bond donors (Lipinski definition) is 2. The number of furan rings is 1. The molecule has 3 rings (SSSR count). The number of ether oxygens (including phenoxy) is 1. The number of nitrogens with zero attached hydrogens (tertiary/aromatic N) is 2. The number of aryl methyl sites for hydroxylation is 2. The lowest BCUT2D eigenvalue weighted by atomic mass is 10.1. The molecule has 1 aliphatic rings. The minimum absolute atomic E-state index is 0.412. The number of amides is 2. The first-order valence-corrected chi connectivity index (χ1v) is 9.11. The first-order valence-electron chi connectivity index (χ1n) is 8.31. The van der Waals surface area contributed by atoms with Crippen molar-refractivity contribution in [1.82, 2.24) is 5.43 Å². The minimum Gasteiger partial charge on any atom is -0.438 e. The molecule has 26 heavy (non-hydrogen) atoms. The average molecular weight is 421 g/mol. The smallest absolute Gasteiger partial charge is 0.339 e. The Kier molecular flexibility index (Phi) is 5.95. The van der Waals surface area contributed by atoms with Crippen molar-refractivity contribution in [2.24, 2.45) is 5.10 Å². The van der Waals surface area contributed by atoms with Crippen molar-refractivity contribution >= 4 is 39.7 Å². The Morgan fingerprint density at radius 2 is 1.88 bits per heavy atom. The predicted octanol–water partition coefficient (Wildman–Crippen LogP) is 3.65. The second-order valence-corrected chi connectivity index (χ2v) is 6.96. The van der Waals surface area contributed by atoms with Crippen molar-refractivity contribution in [2.75, 3.05) is 36.5 Å². The number of carbonyl (C=O) groups excluding carboxylic acids is 1. The lowest BCUT2D eigenvalue weighted by molar-refractivity contribution is 0.120. The van der Waals surface area contributed by atoms with Crippen LogP contribution in [0.5, 0.6) is 0 Å². The lowest BCUT2D eigenvalue weighted by Gasteiger charge is -2.26. The molecule has 1 aliphatic heterocycles. The molecule has 2 amide bonds. The van der Waals surface area contributed by atoms with E-state index in [-0.39, 0.29) is 0 Å². The van der Waals surface area contributed by atoms with E-state index in [1.807, 2.05) is 38.1 Å². The Morgan fingerprint density at radius 3 is 2.58 bits per heavy atom. The lowest BCUT2D eigenvalue weighted by Crippen LogP contribution is -2.36. The quantitative estimate of drug-likeness (QED) is 0.584. The molecule has 1 aromatic carbocycles. The van der Waals surface area contributed by atoms with E-state index in [0.717, 1.165) is 40.3 Å². The number of hydrogen-bond acceptors (Lipinski definition) is 5. The van der Waals surface area contributed by atoms with Crippen LogP contribution in [-0.2, 0) is 4.74 Å². The summed E-state index contributed by atoms with van der Waals surface area (Å²) in [6, 6.07) is 7.24. The first-order chi connectivity index (χ1) is 12.5. The van der Waals surface area contributed by atoms with Crippen LogP contribution in [0.25, 0.3) is 0 Å². The molecule has 2 heterocycles. The van der Waals surface area contributed by atoms with E-state index in [9.17, 15) is 4.79 Å². The predicted molar refractivity (Wildman–Crippen MR) is 105 cm³/mol. The molecule has 138 valence electrons. The molecule has 0 aliphatic carbocycles. The Hall–Kier alpha value is -2.32. The van der Waals surface area contributed by atoms with E-state index >= 15 is 0 Å². The van der Waals surface area contributed by atoms with Crippen LogP contribution >= 0.6 is 15.9 Å². The van der Waals surface area contributed by atoms with Gasteiger partial charge in [0.1, 0.15) is 0 Å². The zero-order chi connectivity index (χ0) is 18.5. The summed E-state index contributed by atoms with van der Waals surface area (Å²) in [5.74, 6) is 1.29. The summed E-state index contributed by atoms with van der Waals surface area (Å²) in [7, 11) is 0. The van der Waals surface area contributed by atoms with Gasteiger partial charge in [0.25, 0.3) is 0 Å². The van der Waals surface area contributed by atoms with Gasteiger partial charge in [-0.2, -0.15) is 5.10 Å². The molecule has 0 unspecified atom stereocenters. The van der Waals surface area contributed by atoms with Gasteiger partial charge in [-0.1, -0.05) is 6.07 Å². The van der Waals surface area contributed by atoms with Crippen LogP contribution in [0.4, 0.5) is 16.4 Å². The molecule has 7 nitrogen and oxygen atoms in total. The maximum atomic E-state index is 11.9.